The maximum atomic E-state index is 6.01. The van der Waals surface area contributed by atoms with Crippen molar-refractivity contribution in [3.05, 3.63) is 48.3 Å². The molecule has 1 aliphatic rings. The van der Waals surface area contributed by atoms with Gasteiger partial charge in [-0.25, -0.2) is 14.6 Å². The van der Waals surface area contributed by atoms with Gasteiger partial charge in [0.1, 0.15) is 5.82 Å². The minimum Gasteiger partial charge on any atom is -0.354 e. The number of pyridine rings is 1. The zero-order chi connectivity index (χ0) is 17.5. The van der Waals surface area contributed by atoms with E-state index in [1.807, 2.05) is 12.1 Å². The Morgan fingerprint density at radius 2 is 2.08 bits per heavy atom. The van der Waals surface area contributed by atoms with Gasteiger partial charge in [0.2, 0.25) is 5.65 Å². The number of nitrogens with two attached hydrogens (primary N) is 1. The summed E-state index contributed by atoms with van der Waals surface area (Å²) < 4.78 is 1.78. The Morgan fingerprint density at radius 1 is 1.15 bits per heavy atom. The van der Waals surface area contributed by atoms with Gasteiger partial charge in [-0.1, -0.05) is 29.5 Å². The average molecular weight is 346 g/mol. The topological polar surface area (TPSA) is 98.6 Å². The second kappa shape index (κ2) is 5.99. The Morgan fingerprint density at radius 3 is 2.96 bits per heavy atom. The van der Waals surface area contributed by atoms with E-state index in [0.717, 1.165) is 41.8 Å². The number of fused-ring (bicyclic) bond motifs is 2. The van der Waals surface area contributed by atoms with Crippen LogP contribution in [0.1, 0.15) is 12.0 Å². The molecule has 0 radical (unpaired) electrons. The molecule has 1 aromatic carbocycles. The lowest BCUT2D eigenvalue weighted by atomic mass is 10.1. The van der Waals surface area contributed by atoms with Crippen LogP contribution in [0, 0.1) is 0 Å². The minimum atomic E-state index is 0.192. The lowest BCUT2D eigenvalue weighted by molar-refractivity contribution is 0.665. The van der Waals surface area contributed by atoms with Crippen LogP contribution in [-0.2, 0) is 6.54 Å². The molecule has 1 atom stereocenters. The molecule has 26 heavy (non-hydrogen) atoms. The molecular formula is C18H18N8. The quantitative estimate of drug-likeness (QED) is 0.598. The van der Waals surface area contributed by atoms with Crippen LogP contribution in [0.2, 0.25) is 0 Å². The van der Waals surface area contributed by atoms with E-state index < -0.39 is 0 Å². The predicted molar refractivity (Wildman–Crippen MR) is 98.8 cm³/mol. The molecule has 0 aliphatic carbocycles. The Labute approximate surface area is 149 Å². The highest BCUT2D eigenvalue weighted by atomic mass is 15.5. The zero-order valence-electron chi connectivity index (χ0n) is 14.2. The largest absolute Gasteiger partial charge is 0.354 e. The molecule has 0 bridgehead atoms. The third kappa shape index (κ3) is 2.55. The third-order valence-corrected chi connectivity index (χ3v) is 4.80. The van der Waals surface area contributed by atoms with Crippen molar-refractivity contribution in [2.24, 2.45) is 5.73 Å². The van der Waals surface area contributed by atoms with Crippen molar-refractivity contribution in [3.63, 3.8) is 0 Å². The van der Waals surface area contributed by atoms with E-state index >= 15 is 0 Å². The van der Waals surface area contributed by atoms with Crippen LogP contribution in [0.4, 0.5) is 5.82 Å². The van der Waals surface area contributed by atoms with Crippen molar-refractivity contribution < 1.29 is 0 Å². The first kappa shape index (κ1) is 15.2. The summed E-state index contributed by atoms with van der Waals surface area (Å²) in [6.07, 6.45) is 4.53. The van der Waals surface area contributed by atoms with Crippen molar-refractivity contribution in [1.29, 1.82) is 0 Å². The Balaban J connectivity index is 1.54. The molecule has 1 aliphatic heterocycles. The van der Waals surface area contributed by atoms with Crippen LogP contribution in [0.5, 0.6) is 0 Å². The fraction of sp³-hybridized carbons (Fsp3) is 0.278. The van der Waals surface area contributed by atoms with Crippen LogP contribution in [0.25, 0.3) is 22.2 Å². The van der Waals surface area contributed by atoms with Gasteiger partial charge >= 0.3 is 0 Å². The summed E-state index contributed by atoms with van der Waals surface area (Å²) in [5, 5.41) is 9.51. The van der Waals surface area contributed by atoms with Crippen LogP contribution in [0.3, 0.4) is 0 Å². The van der Waals surface area contributed by atoms with Crippen LogP contribution < -0.4 is 10.6 Å². The van der Waals surface area contributed by atoms with Crippen molar-refractivity contribution in [3.8, 4) is 0 Å². The second-order valence-corrected chi connectivity index (χ2v) is 6.61. The van der Waals surface area contributed by atoms with Crippen molar-refractivity contribution in [1.82, 2.24) is 29.9 Å². The molecular weight excluding hydrogens is 328 g/mol. The summed E-state index contributed by atoms with van der Waals surface area (Å²) in [6.45, 7) is 2.24. The summed E-state index contributed by atoms with van der Waals surface area (Å²) in [6, 6.07) is 10.3. The van der Waals surface area contributed by atoms with Crippen molar-refractivity contribution in [2.75, 3.05) is 18.0 Å². The average Bonchev–Trinajstić information content (AvgIpc) is 3.28. The summed E-state index contributed by atoms with van der Waals surface area (Å²) in [5.41, 5.74) is 9.28. The maximum Gasteiger partial charge on any atom is 0.221 e. The first-order chi connectivity index (χ1) is 12.8. The van der Waals surface area contributed by atoms with Gasteiger partial charge < -0.3 is 10.6 Å². The number of nitrogens with zero attached hydrogens (tertiary/aromatic N) is 7. The molecule has 130 valence electrons. The van der Waals surface area contributed by atoms with Crippen LogP contribution in [0.15, 0.2) is 42.7 Å². The molecule has 4 heterocycles. The molecule has 4 aromatic rings. The molecule has 0 spiro atoms. The molecule has 8 nitrogen and oxygen atoms in total. The van der Waals surface area contributed by atoms with E-state index in [1.54, 1.807) is 17.1 Å². The molecule has 0 saturated carbocycles. The highest BCUT2D eigenvalue weighted by Crippen LogP contribution is 2.21. The molecule has 0 amide bonds. The zero-order valence-corrected chi connectivity index (χ0v) is 14.2. The van der Waals surface area contributed by atoms with Gasteiger partial charge in [0, 0.05) is 30.7 Å². The Kier molecular flexibility index (Phi) is 3.49. The highest BCUT2D eigenvalue weighted by molar-refractivity contribution is 5.81. The molecule has 8 heteroatoms. The van der Waals surface area contributed by atoms with Gasteiger partial charge in [0.25, 0.3) is 0 Å². The van der Waals surface area contributed by atoms with Crippen LogP contribution >= 0.6 is 0 Å². The van der Waals surface area contributed by atoms with Gasteiger partial charge in [-0.05, 0) is 18.1 Å². The van der Waals surface area contributed by atoms with E-state index in [0.29, 0.717) is 17.8 Å². The van der Waals surface area contributed by atoms with Crippen LogP contribution in [-0.4, -0.2) is 49.1 Å². The maximum absolute atomic E-state index is 6.01. The second-order valence-electron chi connectivity index (χ2n) is 6.61. The van der Waals surface area contributed by atoms with E-state index in [2.05, 4.69) is 43.4 Å². The summed E-state index contributed by atoms with van der Waals surface area (Å²) >= 11 is 0. The van der Waals surface area contributed by atoms with Gasteiger partial charge in [0.15, 0.2) is 5.65 Å². The first-order valence-corrected chi connectivity index (χ1v) is 8.67. The third-order valence-electron chi connectivity index (χ3n) is 4.80. The molecule has 1 fully saturated rings. The first-order valence-electron chi connectivity index (χ1n) is 8.67. The number of benzene rings is 1. The Bertz CT molecular complexity index is 1080. The van der Waals surface area contributed by atoms with Gasteiger partial charge in [-0.2, -0.15) is 0 Å². The standard InChI is InChI=1S/C18H18N8/c19-14-6-8-25(11-14)15-9-21-17-18(22-15)26(24-23-17)10-13-4-1-3-12-5-2-7-20-16(12)13/h1-5,7,9,14H,6,8,10-11,19H2. The van der Waals surface area contributed by atoms with E-state index in [9.17, 15) is 0 Å². The summed E-state index contributed by atoms with van der Waals surface area (Å²) in [7, 11) is 0. The lowest BCUT2D eigenvalue weighted by Crippen LogP contribution is -2.27. The molecule has 5 rings (SSSR count). The Hall–Kier alpha value is -3.13. The molecule has 1 saturated heterocycles. The number of para-hydroxylation sites is 1. The number of aromatic nitrogens is 6. The SMILES string of the molecule is NC1CCN(c2cnc3nnn(Cc4cccc5cccnc45)c3n2)C1. The van der Waals surface area contributed by atoms with Crippen molar-refractivity contribution in [2.45, 2.75) is 19.0 Å². The smallest absolute Gasteiger partial charge is 0.221 e. The molecule has 3 aromatic heterocycles. The summed E-state index contributed by atoms with van der Waals surface area (Å²) in [5.74, 6) is 0.824. The number of anilines is 1. The number of rotatable bonds is 3. The summed E-state index contributed by atoms with van der Waals surface area (Å²) in [4.78, 5) is 15.8. The molecule has 1 unspecified atom stereocenters. The van der Waals surface area contributed by atoms with E-state index in [4.69, 9.17) is 10.7 Å². The number of hydrogen-bond donors (Lipinski definition) is 1. The normalized spacial score (nSPS) is 17.4. The fourth-order valence-electron chi connectivity index (χ4n) is 3.46. The fourth-order valence-corrected chi connectivity index (χ4v) is 3.46. The van der Waals surface area contributed by atoms with Gasteiger partial charge in [-0.3, -0.25) is 4.98 Å². The molecule has 2 N–H and O–H groups in total. The van der Waals surface area contributed by atoms with E-state index in [1.165, 1.54) is 0 Å². The van der Waals surface area contributed by atoms with Gasteiger partial charge in [0.05, 0.1) is 18.3 Å². The van der Waals surface area contributed by atoms with E-state index in [-0.39, 0.29) is 6.04 Å². The minimum absolute atomic E-state index is 0.192. The van der Waals surface area contributed by atoms with Crippen molar-refractivity contribution >= 4 is 28.0 Å². The number of hydrogen-bond acceptors (Lipinski definition) is 7. The monoisotopic (exact) mass is 346 g/mol. The predicted octanol–water partition coefficient (Wildman–Crippen LogP) is 1.36. The highest BCUT2D eigenvalue weighted by Gasteiger charge is 2.21. The van der Waals surface area contributed by atoms with Gasteiger partial charge in [-0.15, -0.1) is 5.10 Å². The lowest BCUT2D eigenvalue weighted by Gasteiger charge is -2.16.